The highest BCUT2D eigenvalue weighted by Crippen LogP contribution is 2.20. The van der Waals surface area contributed by atoms with Crippen molar-refractivity contribution in [2.45, 2.75) is 19.4 Å². The molecule has 0 spiro atoms. The van der Waals surface area contributed by atoms with Crippen LogP contribution in [0.3, 0.4) is 0 Å². The molecule has 0 bridgehead atoms. The maximum Gasteiger partial charge on any atom is 0.131 e. The molecule has 1 unspecified atom stereocenters. The Bertz CT molecular complexity index is 306. The summed E-state index contributed by atoms with van der Waals surface area (Å²) in [5.41, 5.74) is 1.14. The highest BCUT2D eigenvalue weighted by molar-refractivity contribution is 7.98. The molecule has 1 aromatic heterocycles. The predicted octanol–water partition coefficient (Wildman–Crippen LogP) is 3.31. The van der Waals surface area contributed by atoms with E-state index in [2.05, 4.69) is 30.1 Å². The minimum absolute atomic E-state index is 0.554. The summed E-state index contributed by atoms with van der Waals surface area (Å²) in [6.07, 6.45) is 5.02. The van der Waals surface area contributed by atoms with Gasteiger partial charge in [-0.05, 0) is 24.8 Å². The third-order valence-electron chi connectivity index (χ3n) is 2.50. The smallest absolute Gasteiger partial charge is 0.131 e. The van der Waals surface area contributed by atoms with Crippen LogP contribution in [-0.2, 0) is 0 Å². The molecule has 0 saturated heterocycles. The normalized spacial score (nSPS) is 12.5. The lowest BCUT2D eigenvalue weighted by Gasteiger charge is -2.28. The lowest BCUT2D eigenvalue weighted by Crippen LogP contribution is -2.33. The van der Waals surface area contributed by atoms with Gasteiger partial charge in [-0.1, -0.05) is 18.5 Å². The number of thioether (sulfide) groups is 1. The van der Waals surface area contributed by atoms with E-state index in [0.29, 0.717) is 11.2 Å². The zero-order valence-electron chi connectivity index (χ0n) is 9.40. The first kappa shape index (κ1) is 12.7. The van der Waals surface area contributed by atoms with Crippen LogP contribution in [0.25, 0.3) is 0 Å². The molecule has 0 saturated carbocycles. The molecular weight excluding hydrogens is 228 g/mol. The lowest BCUT2D eigenvalue weighted by atomic mass is 10.2. The summed E-state index contributed by atoms with van der Waals surface area (Å²) in [5, 5.41) is 0.554. The summed E-state index contributed by atoms with van der Waals surface area (Å²) in [6.45, 7) is 2.21. The van der Waals surface area contributed by atoms with E-state index in [-0.39, 0.29) is 0 Å². The van der Waals surface area contributed by atoms with Gasteiger partial charge in [-0.15, -0.1) is 0 Å². The molecule has 0 aliphatic carbocycles. The molecule has 0 aliphatic rings. The first-order valence-corrected chi connectivity index (χ1v) is 6.79. The average Bonchev–Trinajstić information content (AvgIpc) is 2.25. The van der Waals surface area contributed by atoms with Crippen LogP contribution in [-0.4, -0.2) is 30.1 Å². The third-order valence-corrected chi connectivity index (χ3v) is 3.42. The average molecular weight is 245 g/mol. The van der Waals surface area contributed by atoms with Crippen molar-refractivity contribution in [1.82, 2.24) is 4.98 Å². The van der Waals surface area contributed by atoms with Crippen molar-refractivity contribution in [3.8, 4) is 0 Å². The summed E-state index contributed by atoms with van der Waals surface area (Å²) < 4.78 is 0. The SMILES string of the molecule is CCC(CSC)N(C)c1ccnc(Cl)c1. The van der Waals surface area contributed by atoms with Crippen LogP contribution in [0.5, 0.6) is 0 Å². The molecule has 15 heavy (non-hydrogen) atoms. The van der Waals surface area contributed by atoms with Gasteiger partial charge in [-0.25, -0.2) is 4.98 Å². The molecule has 4 heteroatoms. The fourth-order valence-electron chi connectivity index (χ4n) is 1.52. The Morgan fingerprint density at radius 1 is 1.60 bits per heavy atom. The lowest BCUT2D eigenvalue weighted by molar-refractivity contribution is 0.673. The van der Waals surface area contributed by atoms with Crippen LogP contribution in [0.2, 0.25) is 5.15 Å². The summed E-state index contributed by atoms with van der Waals surface area (Å²) in [4.78, 5) is 6.25. The number of anilines is 1. The molecule has 1 atom stereocenters. The van der Waals surface area contributed by atoms with E-state index in [1.54, 1.807) is 6.20 Å². The number of halogens is 1. The number of hydrogen-bond acceptors (Lipinski definition) is 3. The van der Waals surface area contributed by atoms with Gasteiger partial charge in [-0.2, -0.15) is 11.8 Å². The van der Waals surface area contributed by atoms with E-state index in [1.165, 1.54) is 0 Å². The summed E-state index contributed by atoms with van der Waals surface area (Å²) in [5.74, 6) is 1.13. The van der Waals surface area contributed by atoms with Crippen molar-refractivity contribution in [2.75, 3.05) is 24.0 Å². The topological polar surface area (TPSA) is 16.1 Å². The second kappa shape index (κ2) is 6.23. The van der Waals surface area contributed by atoms with Crippen molar-refractivity contribution < 1.29 is 0 Å². The maximum absolute atomic E-state index is 5.87. The van der Waals surface area contributed by atoms with Crippen LogP contribution >= 0.6 is 23.4 Å². The van der Waals surface area contributed by atoms with Crippen molar-refractivity contribution >= 4 is 29.1 Å². The second-order valence-corrected chi connectivity index (χ2v) is 4.76. The Morgan fingerprint density at radius 3 is 2.87 bits per heavy atom. The highest BCUT2D eigenvalue weighted by atomic mass is 35.5. The van der Waals surface area contributed by atoms with E-state index in [9.17, 15) is 0 Å². The monoisotopic (exact) mass is 244 g/mol. The van der Waals surface area contributed by atoms with Crippen LogP contribution in [0.1, 0.15) is 13.3 Å². The van der Waals surface area contributed by atoms with Gasteiger partial charge in [0.15, 0.2) is 0 Å². The van der Waals surface area contributed by atoms with E-state index in [1.807, 2.05) is 23.9 Å². The van der Waals surface area contributed by atoms with Crippen LogP contribution in [0.15, 0.2) is 18.3 Å². The quantitative estimate of drug-likeness (QED) is 0.740. The van der Waals surface area contributed by atoms with E-state index in [4.69, 9.17) is 11.6 Å². The minimum atomic E-state index is 0.554. The third kappa shape index (κ3) is 3.58. The van der Waals surface area contributed by atoms with Gasteiger partial charge in [0.1, 0.15) is 5.15 Å². The standard InChI is InChI=1S/C11H17ClN2S/c1-4-9(8-15-3)14(2)10-5-6-13-11(12)7-10/h5-7,9H,4,8H2,1-3H3. The van der Waals surface area contributed by atoms with Gasteiger partial charge in [0, 0.05) is 30.7 Å². The first-order valence-electron chi connectivity index (χ1n) is 5.02. The Morgan fingerprint density at radius 2 is 2.33 bits per heavy atom. The van der Waals surface area contributed by atoms with Crippen molar-refractivity contribution in [2.24, 2.45) is 0 Å². The molecule has 0 aliphatic heterocycles. The molecule has 2 nitrogen and oxygen atoms in total. The van der Waals surface area contributed by atoms with Crippen LogP contribution < -0.4 is 4.90 Å². The summed E-state index contributed by atoms with van der Waals surface area (Å²) in [6, 6.07) is 4.46. The molecule has 0 fully saturated rings. The number of rotatable bonds is 5. The second-order valence-electron chi connectivity index (χ2n) is 3.47. The molecule has 0 radical (unpaired) electrons. The predicted molar refractivity (Wildman–Crippen MR) is 70.1 cm³/mol. The highest BCUT2D eigenvalue weighted by Gasteiger charge is 2.12. The van der Waals surface area contributed by atoms with Crippen molar-refractivity contribution in [3.63, 3.8) is 0 Å². The van der Waals surface area contributed by atoms with Gasteiger partial charge in [0.05, 0.1) is 0 Å². The molecule has 0 N–H and O–H groups in total. The Labute approximate surface area is 101 Å². The molecule has 0 aromatic carbocycles. The van der Waals surface area contributed by atoms with Gasteiger partial charge < -0.3 is 4.90 Å². The molecule has 1 rings (SSSR count). The zero-order valence-corrected chi connectivity index (χ0v) is 11.0. The molecule has 1 aromatic rings. The fraction of sp³-hybridized carbons (Fsp3) is 0.545. The Balaban J connectivity index is 2.77. The van der Waals surface area contributed by atoms with Gasteiger partial charge in [0.25, 0.3) is 0 Å². The van der Waals surface area contributed by atoms with E-state index >= 15 is 0 Å². The molecular formula is C11H17ClN2S. The largest absolute Gasteiger partial charge is 0.371 e. The van der Waals surface area contributed by atoms with E-state index < -0.39 is 0 Å². The number of aromatic nitrogens is 1. The zero-order chi connectivity index (χ0) is 11.3. The summed E-state index contributed by atoms with van der Waals surface area (Å²) in [7, 11) is 2.11. The molecule has 84 valence electrons. The fourth-order valence-corrected chi connectivity index (χ4v) is 2.53. The van der Waals surface area contributed by atoms with Crippen molar-refractivity contribution in [1.29, 1.82) is 0 Å². The molecule has 0 amide bonds. The summed E-state index contributed by atoms with van der Waals surface area (Å²) >= 11 is 7.74. The van der Waals surface area contributed by atoms with Crippen molar-refractivity contribution in [3.05, 3.63) is 23.5 Å². The number of hydrogen-bond donors (Lipinski definition) is 0. The van der Waals surface area contributed by atoms with Crippen LogP contribution in [0, 0.1) is 0 Å². The van der Waals surface area contributed by atoms with Gasteiger partial charge in [-0.3, -0.25) is 0 Å². The number of nitrogens with zero attached hydrogens (tertiary/aromatic N) is 2. The minimum Gasteiger partial charge on any atom is -0.371 e. The Hall–Kier alpha value is -0.410. The first-order chi connectivity index (χ1) is 7.19. The Kier molecular flexibility index (Phi) is 5.26. The van der Waals surface area contributed by atoms with E-state index in [0.717, 1.165) is 17.9 Å². The van der Waals surface area contributed by atoms with Gasteiger partial charge in [0.2, 0.25) is 0 Å². The molecule has 1 heterocycles. The van der Waals surface area contributed by atoms with Gasteiger partial charge >= 0.3 is 0 Å². The number of pyridine rings is 1. The maximum atomic E-state index is 5.87. The van der Waals surface area contributed by atoms with Crippen LogP contribution in [0.4, 0.5) is 5.69 Å².